The first-order valence-electron chi connectivity index (χ1n) is 6.38. The molecule has 0 fully saturated rings. The Kier molecular flexibility index (Phi) is 6.02. The van der Waals surface area contributed by atoms with Crippen LogP contribution in [-0.4, -0.2) is 32.0 Å². The van der Waals surface area contributed by atoms with Crippen LogP contribution in [0.15, 0.2) is 24.3 Å². The lowest BCUT2D eigenvalue weighted by atomic mass is 10.1. The highest BCUT2D eigenvalue weighted by atomic mass is 16.2. The molecule has 0 aliphatic heterocycles. The normalized spacial score (nSPS) is 10.3. The zero-order valence-electron chi connectivity index (χ0n) is 11.6. The number of benzene rings is 1. The van der Waals surface area contributed by atoms with Gasteiger partial charge in [0.1, 0.15) is 0 Å². The second-order valence-electron chi connectivity index (χ2n) is 4.58. The first-order valence-corrected chi connectivity index (χ1v) is 6.38. The summed E-state index contributed by atoms with van der Waals surface area (Å²) in [5, 5.41) is 8.52. The molecular weight excluding hydrogens is 242 g/mol. The summed E-state index contributed by atoms with van der Waals surface area (Å²) >= 11 is 0. The maximum Gasteiger partial charge on any atom is 0.251 e. The van der Waals surface area contributed by atoms with Crippen molar-refractivity contribution in [3.63, 3.8) is 0 Å². The van der Waals surface area contributed by atoms with Crippen LogP contribution < -0.4 is 16.0 Å². The van der Waals surface area contributed by atoms with E-state index in [1.165, 1.54) is 0 Å². The highest BCUT2D eigenvalue weighted by Crippen LogP contribution is 2.10. The minimum absolute atomic E-state index is 0.0359. The van der Waals surface area contributed by atoms with Crippen LogP contribution in [-0.2, 0) is 4.79 Å². The summed E-state index contributed by atoms with van der Waals surface area (Å²) in [7, 11) is 1.83. The molecule has 2 amide bonds. The van der Waals surface area contributed by atoms with Gasteiger partial charge in [-0.15, -0.1) is 0 Å². The first kappa shape index (κ1) is 15.2. The number of rotatable bonds is 6. The monoisotopic (exact) mass is 263 g/mol. The molecule has 19 heavy (non-hydrogen) atoms. The summed E-state index contributed by atoms with van der Waals surface area (Å²) in [4.78, 5) is 23.2. The zero-order chi connectivity index (χ0) is 14.3. The minimum Gasteiger partial charge on any atom is -0.351 e. The lowest BCUT2D eigenvalue weighted by Crippen LogP contribution is -2.30. The third kappa shape index (κ3) is 5.09. The van der Waals surface area contributed by atoms with Crippen molar-refractivity contribution in [2.24, 2.45) is 5.92 Å². The lowest BCUT2D eigenvalue weighted by Gasteiger charge is -2.09. The van der Waals surface area contributed by atoms with Gasteiger partial charge in [0.15, 0.2) is 0 Å². The number of likely N-dealkylation sites (N-methyl/N-ethyl adjacent to an activating group) is 1. The Bertz CT molecular complexity index is 427. The molecule has 0 heterocycles. The summed E-state index contributed by atoms with van der Waals surface area (Å²) < 4.78 is 0. The number of hydrogen-bond acceptors (Lipinski definition) is 3. The molecule has 1 rings (SSSR count). The van der Waals surface area contributed by atoms with Crippen molar-refractivity contribution >= 4 is 17.5 Å². The third-order valence-corrected chi connectivity index (χ3v) is 2.60. The van der Waals surface area contributed by atoms with Crippen LogP contribution in [0.25, 0.3) is 0 Å². The molecule has 0 aliphatic rings. The molecular formula is C14H21N3O2. The van der Waals surface area contributed by atoms with Gasteiger partial charge in [0.05, 0.1) is 0 Å². The number of carbonyl (C=O) groups excluding carboxylic acids is 2. The SMILES string of the molecule is CNCCNC(=O)c1ccc(NC(=O)C(C)C)cc1. The van der Waals surface area contributed by atoms with E-state index < -0.39 is 0 Å². The van der Waals surface area contributed by atoms with Crippen molar-refractivity contribution in [1.29, 1.82) is 0 Å². The molecule has 0 saturated heterocycles. The van der Waals surface area contributed by atoms with Gasteiger partial charge in [-0.05, 0) is 31.3 Å². The summed E-state index contributed by atoms with van der Waals surface area (Å²) in [5.41, 5.74) is 1.28. The van der Waals surface area contributed by atoms with Gasteiger partial charge in [0.2, 0.25) is 5.91 Å². The fourth-order valence-corrected chi connectivity index (χ4v) is 1.39. The van der Waals surface area contributed by atoms with Gasteiger partial charge in [0.25, 0.3) is 5.91 Å². The predicted molar refractivity (Wildman–Crippen MR) is 76.2 cm³/mol. The van der Waals surface area contributed by atoms with Gasteiger partial charge in [0, 0.05) is 30.3 Å². The Balaban J connectivity index is 2.56. The highest BCUT2D eigenvalue weighted by molar-refractivity contribution is 5.96. The average Bonchev–Trinajstić information content (AvgIpc) is 2.39. The number of nitrogens with one attached hydrogen (secondary N) is 3. The number of carbonyl (C=O) groups is 2. The summed E-state index contributed by atoms with van der Waals surface area (Å²) in [5.74, 6) is -0.215. The lowest BCUT2D eigenvalue weighted by molar-refractivity contribution is -0.118. The van der Waals surface area contributed by atoms with Gasteiger partial charge in [-0.25, -0.2) is 0 Å². The maximum atomic E-state index is 11.7. The number of anilines is 1. The molecule has 0 aliphatic carbocycles. The molecule has 1 aromatic carbocycles. The fourth-order valence-electron chi connectivity index (χ4n) is 1.39. The largest absolute Gasteiger partial charge is 0.351 e. The molecule has 0 spiro atoms. The summed E-state index contributed by atoms with van der Waals surface area (Å²) in [6, 6.07) is 6.86. The van der Waals surface area contributed by atoms with Crippen molar-refractivity contribution in [3.8, 4) is 0 Å². The quantitative estimate of drug-likeness (QED) is 0.676. The van der Waals surface area contributed by atoms with Crippen LogP contribution >= 0.6 is 0 Å². The second-order valence-corrected chi connectivity index (χ2v) is 4.58. The average molecular weight is 263 g/mol. The zero-order valence-corrected chi connectivity index (χ0v) is 11.6. The highest BCUT2D eigenvalue weighted by Gasteiger charge is 2.08. The van der Waals surface area contributed by atoms with Gasteiger partial charge in [-0.2, -0.15) is 0 Å². The molecule has 5 nitrogen and oxygen atoms in total. The van der Waals surface area contributed by atoms with Crippen LogP contribution in [0, 0.1) is 5.92 Å². The molecule has 0 unspecified atom stereocenters. The molecule has 0 aromatic heterocycles. The molecule has 0 saturated carbocycles. The number of hydrogen-bond donors (Lipinski definition) is 3. The van der Waals surface area contributed by atoms with Crippen LogP contribution in [0.5, 0.6) is 0 Å². The third-order valence-electron chi connectivity index (χ3n) is 2.60. The molecule has 3 N–H and O–H groups in total. The minimum atomic E-state index is -0.114. The Labute approximate surface area is 113 Å². The second kappa shape index (κ2) is 7.53. The van der Waals surface area contributed by atoms with Crippen LogP contribution in [0.1, 0.15) is 24.2 Å². The van der Waals surface area contributed by atoms with E-state index in [0.29, 0.717) is 17.8 Å². The van der Waals surface area contributed by atoms with E-state index in [1.807, 2.05) is 20.9 Å². The van der Waals surface area contributed by atoms with Gasteiger partial charge >= 0.3 is 0 Å². The Morgan fingerprint density at radius 1 is 1.11 bits per heavy atom. The van der Waals surface area contributed by atoms with E-state index in [2.05, 4.69) is 16.0 Å². The van der Waals surface area contributed by atoms with E-state index in [9.17, 15) is 9.59 Å². The van der Waals surface area contributed by atoms with Crippen molar-refractivity contribution in [1.82, 2.24) is 10.6 Å². The van der Waals surface area contributed by atoms with E-state index in [4.69, 9.17) is 0 Å². The Morgan fingerprint density at radius 3 is 2.26 bits per heavy atom. The van der Waals surface area contributed by atoms with Gasteiger partial charge in [-0.3, -0.25) is 9.59 Å². The van der Waals surface area contributed by atoms with Gasteiger partial charge in [-0.1, -0.05) is 13.8 Å². The standard InChI is InChI=1S/C14H21N3O2/c1-10(2)13(18)17-12-6-4-11(5-7-12)14(19)16-9-8-15-3/h4-7,10,15H,8-9H2,1-3H3,(H,16,19)(H,17,18). The van der Waals surface area contributed by atoms with Gasteiger partial charge < -0.3 is 16.0 Å². The maximum absolute atomic E-state index is 11.7. The van der Waals surface area contributed by atoms with Crippen molar-refractivity contribution < 1.29 is 9.59 Å². The molecule has 0 bridgehead atoms. The van der Waals surface area contributed by atoms with E-state index in [-0.39, 0.29) is 17.7 Å². The molecule has 0 atom stereocenters. The smallest absolute Gasteiger partial charge is 0.251 e. The van der Waals surface area contributed by atoms with Crippen molar-refractivity contribution in [2.75, 3.05) is 25.5 Å². The van der Waals surface area contributed by atoms with Crippen LogP contribution in [0.4, 0.5) is 5.69 Å². The summed E-state index contributed by atoms with van der Waals surface area (Å²) in [6.07, 6.45) is 0. The Hall–Kier alpha value is -1.88. The first-order chi connectivity index (χ1) is 9.04. The van der Waals surface area contributed by atoms with Crippen molar-refractivity contribution in [3.05, 3.63) is 29.8 Å². The van der Waals surface area contributed by atoms with E-state index in [1.54, 1.807) is 24.3 Å². The van der Waals surface area contributed by atoms with E-state index in [0.717, 1.165) is 6.54 Å². The summed E-state index contributed by atoms with van der Waals surface area (Å²) in [6.45, 7) is 4.98. The Morgan fingerprint density at radius 2 is 1.74 bits per heavy atom. The van der Waals surface area contributed by atoms with Crippen LogP contribution in [0.3, 0.4) is 0 Å². The molecule has 1 aromatic rings. The topological polar surface area (TPSA) is 70.2 Å². The predicted octanol–water partition coefficient (Wildman–Crippen LogP) is 1.23. The number of amides is 2. The fraction of sp³-hybridized carbons (Fsp3) is 0.429. The van der Waals surface area contributed by atoms with Crippen molar-refractivity contribution in [2.45, 2.75) is 13.8 Å². The molecule has 104 valence electrons. The van der Waals surface area contributed by atoms with E-state index >= 15 is 0 Å². The van der Waals surface area contributed by atoms with Crippen LogP contribution in [0.2, 0.25) is 0 Å². The molecule has 5 heteroatoms. The molecule has 0 radical (unpaired) electrons.